The number of para-hydroxylation sites is 1. The maximum atomic E-state index is 11.4. The van der Waals surface area contributed by atoms with Crippen LogP contribution in [0.5, 0.6) is 5.75 Å². The molecule has 1 aromatic rings. The molecule has 0 saturated carbocycles. The maximum Gasteiger partial charge on any atom is 0.154 e. The number of hydrogen-bond acceptors (Lipinski definition) is 4. The highest BCUT2D eigenvalue weighted by Gasteiger charge is 2.29. The third-order valence-electron chi connectivity index (χ3n) is 3.00. The van der Waals surface area contributed by atoms with Crippen LogP contribution in [0, 0.1) is 0 Å². The molecule has 4 nitrogen and oxygen atoms in total. The molecule has 2 unspecified atom stereocenters. The van der Waals surface area contributed by atoms with Gasteiger partial charge in [-0.3, -0.25) is 0 Å². The zero-order valence-electron chi connectivity index (χ0n) is 10.5. The van der Waals surface area contributed by atoms with Gasteiger partial charge in [-0.25, -0.2) is 8.42 Å². The highest BCUT2D eigenvalue weighted by Crippen LogP contribution is 2.24. The van der Waals surface area contributed by atoms with Crippen LogP contribution >= 0.6 is 0 Å². The van der Waals surface area contributed by atoms with Gasteiger partial charge in [-0.15, -0.1) is 0 Å². The average Bonchev–Trinajstić information content (AvgIpc) is 2.60. The molecule has 100 valence electrons. The Morgan fingerprint density at radius 3 is 2.78 bits per heavy atom. The van der Waals surface area contributed by atoms with Crippen molar-refractivity contribution in [3.8, 4) is 5.75 Å². The standard InChI is InChI=1S/C13H19NO3S/c1-10(14)8-11-4-2-3-5-13(11)17-12-6-7-18(15,16)9-12/h2-5,10,12H,6-9,14H2,1H3. The second kappa shape index (κ2) is 5.28. The summed E-state index contributed by atoms with van der Waals surface area (Å²) in [6.45, 7) is 1.94. The Bertz CT molecular complexity index is 511. The van der Waals surface area contributed by atoms with E-state index in [0.717, 1.165) is 17.7 Å². The lowest BCUT2D eigenvalue weighted by atomic mass is 10.1. The summed E-state index contributed by atoms with van der Waals surface area (Å²) in [7, 11) is -2.90. The highest BCUT2D eigenvalue weighted by molar-refractivity contribution is 7.91. The molecule has 1 heterocycles. The van der Waals surface area contributed by atoms with Gasteiger partial charge in [0.1, 0.15) is 11.9 Å². The van der Waals surface area contributed by atoms with Crippen molar-refractivity contribution in [1.29, 1.82) is 0 Å². The molecule has 2 rings (SSSR count). The van der Waals surface area contributed by atoms with Gasteiger partial charge >= 0.3 is 0 Å². The molecule has 5 heteroatoms. The van der Waals surface area contributed by atoms with Crippen LogP contribution in [-0.2, 0) is 16.3 Å². The van der Waals surface area contributed by atoms with Crippen LogP contribution in [0.1, 0.15) is 18.9 Å². The van der Waals surface area contributed by atoms with Crippen LogP contribution in [0.2, 0.25) is 0 Å². The van der Waals surface area contributed by atoms with Crippen LogP contribution in [0.3, 0.4) is 0 Å². The van der Waals surface area contributed by atoms with Gasteiger partial charge in [0.05, 0.1) is 11.5 Å². The van der Waals surface area contributed by atoms with Gasteiger partial charge in [-0.05, 0) is 31.4 Å². The molecule has 1 aliphatic rings. The molecule has 0 aromatic heterocycles. The molecular formula is C13H19NO3S. The molecule has 0 amide bonds. The van der Waals surface area contributed by atoms with Crippen molar-refractivity contribution in [1.82, 2.24) is 0 Å². The summed E-state index contributed by atoms with van der Waals surface area (Å²) in [5.74, 6) is 1.11. The van der Waals surface area contributed by atoms with Crippen molar-refractivity contribution in [2.24, 2.45) is 5.73 Å². The predicted octanol–water partition coefficient (Wildman–Crippen LogP) is 1.14. The third-order valence-corrected chi connectivity index (χ3v) is 4.74. The van der Waals surface area contributed by atoms with E-state index in [0.29, 0.717) is 6.42 Å². The summed E-state index contributed by atoms with van der Waals surface area (Å²) in [5, 5.41) is 0. The zero-order valence-corrected chi connectivity index (χ0v) is 11.3. The van der Waals surface area contributed by atoms with Gasteiger partial charge in [0.25, 0.3) is 0 Å². The van der Waals surface area contributed by atoms with Crippen LogP contribution in [-0.4, -0.2) is 32.1 Å². The van der Waals surface area contributed by atoms with Crippen molar-refractivity contribution in [3.05, 3.63) is 29.8 Å². The topological polar surface area (TPSA) is 69.4 Å². The third kappa shape index (κ3) is 3.46. The summed E-state index contributed by atoms with van der Waals surface area (Å²) in [6, 6.07) is 7.74. The minimum Gasteiger partial charge on any atom is -0.489 e. The minimum absolute atomic E-state index is 0.0575. The van der Waals surface area contributed by atoms with Gasteiger partial charge in [0, 0.05) is 6.04 Å². The normalized spacial score (nSPS) is 23.8. The molecule has 1 aromatic carbocycles. The fourth-order valence-electron chi connectivity index (χ4n) is 2.17. The Hall–Kier alpha value is -1.07. The summed E-state index contributed by atoms with van der Waals surface area (Å²) in [5.41, 5.74) is 6.83. The highest BCUT2D eigenvalue weighted by atomic mass is 32.2. The molecule has 1 saturated heterocycles. The van der Waals surface area contributed by atoms with E-state index in [1.54, 1.807) is 0 Å². The van der Waals surface area contributed by atoms with Gasteiger partial charge < -0.3 is 10.5 Å². The van der Waals surface area contributed by atoms with Crippen molar-refractivity contribution in [2.75, 3.05) is 11.5 Å². The predicted molar refractivity (Wildman–Crippen MR) is 71.5 cm³/mol. The van der Waals surface area contributed by atoms with Gasteiger partial charge in [0.15, 0.2) is 9.84 Å². The maximum absolute atomic E-state index is 11.4. The zero-order chi connectivity index (χ0) is 13.2. The smallest absolute Gasteiger partial charge is 0.154 e. The van der Waals surface area contributed by atoms with Gasteiger partial charge in [-0.2, -0.15) is 0 Å². The number of nitrogens with two attached hydrogens (primary N) is 1. The lowest BCUT2D eigenvalue weighted by Gasteiger charge is -2.16. The van der Waals surface area contributed by atoms with E-state index in [9.17, 15) is 8.42 Å². The Kier molecular flexibility index (Phi) is 3.92. The van der Waals surface area contributed by atoms with Crippen LogP contribution in [0.4, 0.5) is 0 Å². The molecule has 2 N–H and O–H groups in total. The molecule has 1 aliphatic heterocycles. The summed E-state index contributed by atoms with van der Waals surface area (Å²) in [6.07, 6.45) is 1.09. The summed E-state index contributed by atoms with van der Waals surface area (Å²) < 4.78 is 28.6. The first-order chi connectivity index (χ1) is 8.46. The first-order valence-electron chi connectivity index (χ1n) is 6.17. The summed E-state index contributed by atoms with van der Waals surface area (Å²) >= 11 is 0. The molecule has 0 aliphatic carbocycles. The first-order valence-corrected chi connectivity index (χ1v) is 7.99. The van der Waals surface area contributed by atoms with E-state index in [2.05, 4.69) is 0 Å². The molecular weight excluding hydrogens is 250 g/mol. The quantitative estimate of drug-likeness (QED) is 0.890. The van der Waals surface area contributed by atoms with E-state index in [1.807, 2.05) is 31.2 Å². The Morgan fingerprint density at radius 1 is 1.44 bits per heavy atom. The Labute approximate surface area is 108 Å². The van der Waals surface area contributed by atoms with E-state index in [4.69, 9.17) is 10.5 Å². The number of sulfone groups is 1. The summed E-state index contributed by atoms with van der Waals surface area (Å²) in [4.78, 5) is 0. The Balaban J connectivity index is 2.09. The van der Waals surface area contributed by atoms with Gasteiger partial charge in [-0.1, -0.05) is 18.2 Å². The van der Waals surface area contributed by atoms with Gasteiger partial charge in [0.2, 0.25) is 0 Å². The van der Waals surface area contributed by atoms with E-state index in [-0.39, 0.29) is 23.7 Å². The number of rotatable bonds is 4. The molecule has 0 radical (unpaired) electrons. The van der Waals surface area contributed by atoms with Crippen LogP contribution in [0.25, 0.3) is 0 Å². The van der Waals surface area contributed by atoms with Crippen molar-refractivity contribution >= 4 is 9.84 Å². The monoisotopic (exact) mass is 269 g/mol. The molecule has 2 atom stereocenters. The molecule has 18 heavy (non-hydrogen) atoms. The number of hydrogen-bond donors (Lipinski definition) is 1. The second-order valence-corrected chi connectivity index (χ2v) is 7.16. The molecule has 0 bridgehead atoms. The molecule has 0 spiro atoms. The minimum atomic E-state index is -2.90. The lowest BCUT2D eigenvalue weighted by molar-refractivity contribution is 0.226. The van der Waals surface area contributed by atoms with E-state index >= 15 is 0 Å². The molecule has 1 fully saturated rings. The van der Waals surface area contributed by atoms with Crippen LogP contribution < -0.4 is 10.5 Å². The van der Waals surface area contributed by atoms with Crippen LogP contribution in [0.15, 0.2) is 24.3 Å². The second-order valence-electron chi connectivity index (χ2n) is 4.93. The van der Waals surface area contributed by atoms with E-state index < -0.39 is 9.84 Å². The first kappa shape index (κ1) is 13.4. The fraction of sp³-hybridized carbons (Fsp3) is 0.538. The fourth-order valence-corrected chi connectivity index (χ4v) is 3.76. The largest absolute Gasteiger partial charge is 0.489 e. The van der Waals surface area contributed by atoms with Crippen molar-refractivity contribution < 1.29 is 13.2 Å². The SMILES string of the molecule is CC(N)Cc1ccccc1OC1CCS(=O)(=O)C1. The van der Waals surface area contributed by atoms with E-state index in [1.165, 1.54) is 0 Å². The van der Waals surface area contributed by atoms with Crippen molar-refractivity contribution in [3.63, 3.8) is 0 Å². The Morgan fingerprint density at radius 2 is 2.17 bits per heavy atom. The average molecular weight is 269 g/mol. The number of benzene rings is 1. The lowest BCUT2D eigenvalue weighted by Crippen LogP contribution is -2.21. The number of ether oxygens (including phenoxy) is 1. The van der Waals surface area contributed by atoms with Crippen molar-refractivity contribution in [2.45, 2.75) is 31.9 Å².